The summed E-state index contributed by atoms with van der Waals surface area (Å²) in [5.74, 6) is 1.51. The van der Waals surface area contributed by atoms with E-state index in [1.165, 1.54) is 11.1 Å². The fraction of sp³-hybridized carbons (Fsp3) is 0.538. The first-order chi connectivity index (χ1) is 8.69. The van der Waals surface area contributed by atoms with Gasteiger partial charge in [-0.15, -0.1) is 0 Å². The van der Waals surface area contributed by atoms with E-state index in [0.717, 1.165) is 24.5 Å². The minimum atomic E-state index is -0.0180. The molecule has 1 heterocycles. The molecule has 2 N–H and O–H groups in total. The van der Waals surface area contributed by atoms with Crippen LogP contribution in [0.25, 0.3) is 0 Å². The van der Waals surface area contributed by atoms with Crippen molar-refractivity contribution < 1.29 is 14.2 Å². The maximum atomic E-state index is 6.12. The van der Waals surface area contributed by atoms with Crippen molar-refractivity contribution in [2.24, 2.45) is 5.73 Å². The molecule has 1 unspecified atom stereocenters. The van der Waals surface area contributed by atoms with E-state index in [4.69, 9.17) is 19.9 Å². The first kappa shape index (κ1) is 13.1. The fourth-order valence-corrected chi connectivity index (χ4v) is 2.30. The van der Waals surface area contributed by atoms with Gasteiger partial charge in [-0.05, 0) is 23.3 Å². The van der Waals surface area contributed by atoms with Crippen molar-refractivity contribution in [1.29, 1.82) is 0 Å². The smallest absolute Gasteiger partial charge is 0.161 e. The Morgan fingerprint density at radius 2 is 1.78 bits per heavy atom. The molecule has 18 heavy (non-hydrogen) atoms. The van der Waals surface area contributed by atoms with Gasteiger partial charge in [0, 0.05) is 20.1 Å². The molecule has 0 fully saturated rings. The number of nitrogens with zero attached hydrogens (tertiary/aromatic N) is 1. The van der Waals surface area contributed by atoms with Gasteiger partial charge in [0.2, 0.25) is 0 Å². The van der Waals surface area contributed by atoms with Gasteiger partial charge in [-0.2, -0.15) is 0 Å². The van der Waals surface area contributed by atoms with Gasteiger partial charge in [-0.25, -0.2) is 0 Å². The summed E-state index contributed by atoms with van der Waals surface area (Å²) in [4.78, 5) is 2.09. The molecule has 100 valence electrons. The highest BCUT2D eigenvalue weighted by molar-refractivity contribution is 5.48. The van der Waals surface area contributed by atoms with Gasteiger partial charge < -0.3 is 19.9 Å². The van der Waals surface area contributed by atoms with Crippen LogP contribution < -0.4 is 15.2 Å². The summed E-state index contributed by atoms with van der Waals surface area (Å²) in [6.45, 7) is 1.31. The second kappa shape index (κ2) is 5.56. The topological polar surface area (TPSA) is 57.0 Å². The number of hydrogen-bond donors (Lipinski definition) is 1. The van der Waals surface area contributed by atoms with Crippen molar-refractivity contribution in [1.82, 2.24) is 4.90 Å². The standard InChI is InChI=1S/C13H20N2O3/c1-16-8-15-7-10-5-12(18-3)11(17-2)4-9(10)6-13(15)14/h4-5,13H,6-8,14H2,1-3H3. The molecule has 1 atom stereocenters. The average Bonchev–Trinajstić information content (AvgIpc) is 2.38. The minimum absolute atomic E-state index is 0.0180. The number of rotatable bonds is 4. The van der Waals surface area contributed by atoms with Gasteiger partial charge in [0.15, 0.2) is 11.5 Å². The zero-order valence-corrected chi connectivity index (χ0v) is 11.1. The lowest BCUT2D eigenvalue weighted by molar-refractivity contribution is 0.0229. The summed E-state index contributed by atoms with van der Waals surface area (Å²) < 4.78 is 15.8. The first-order valence-corrected chi connectivity index (χ1v) is 5.92. The molecule has 2 rings (SSSR count). The Balaban J connectivity index is 2.31. The number of ether oxygens (including phenoxy) is 3. The van der Waals surface area contributed by atoms with E-state index in [0.29, 0.717) is 6.73 Å². The predicted molar refractivity (Wildman–Crippen MR) is 68.6 cm³/mol. The van der Waals surface area contributed by atoms with E-state index in [2.05, 4.69) is 4.90 Å². The van der Waals surface area contributed by atoms with Crippen LogP contribution in [0.4, 0.5) is 0 Å². The van der Waals surface area contributed by atoms with Crippen LogP contribution in [0, 0.1) is 0 Å². The van der Waals surface area contributed by atoms with Crippen LogP contribution >= 0.6 is 0 Å². The van der Waals surface area contributed by atoms with Crippen molar-refractivity contribution >= 4 is 0 Å². The number of hydrogen-bond acceptors (Lipinski definition) is 5. The van der Waals surface area contributed by atoms with E-state index in [9.17, 15) is 0 Å². The van der Waals surface area contributed by atoms with Crippen LogP contribution in [0.3, 0.4) is 0 Å². The minimum Gasteiger partial charge on any atom is -0.493 e. The highest BCUT2D eigenvalue weighted by atomic mass is 16.5. The first-order valence-electron chi connectivity index (χ1n) is 5.92. The predicted octanol–water partition coefficient (Wildman–Crippen LogP) is 0.951. The second-order valence-corrected chi connectivity index (χ2v) is 4.41. The maximum Gasteiger partial charge on any atom is 0.161 e. The molecule has 5 nitrogen and oxygen atoms in total. The maximum absolute atomic E-state index is 6.12. The Bertz CT molecular complexity index is 423. The number of benzene rings is 1. The third-order valence-corrected chi connectivity index (χ3v) is 3.27. The van der Waals surface area contributed by atoms with Crippen LogP contribution in [-0.2, 0) is 17.7 Å². The molecule has 0 radical (unpaired) electrons. The third kappa shape index (κ3) is 2.43. The molecule has 0 bridgehead atoms. The van der Waals surface area contributed by atoms with Crippen LogP contribution in [0.2, 0.25) is 0 Å². The van der Waals surface area contributed by atoms with Crippen LogP contribution in [0.1, 0.15) is 11.1 Å². The highest BCUT2D eigenvalue weighted by Crippen LogP contribution is 2.33. The van der Waals surface area contributed by atoms with Gasteiger partial charge >= 0.3 is 0 Å². The van der Waals surface area contributed by atoms with E-state index in [1.807, 2.05) is 12.1 Å². The summed E-state index contributed by atoms with van der Waals surface area (Å²) in [6, 6.07) is 4.03. The van der Waals surface area contributed by atoms with Crippen molar-refractivity contribution in [3.8, 4) is 11.5 Å². The van der Waals surface area contributed by atoms with E-state index in [1.54, 1.807) is 21.3 Å². The van der Waals surface area contributed by atoms with Crippen LogP contribution in [0.15, 0.2) is 12.1 Å². The Kier molecular flexibility index (Phi) is 4.06. The Labute approximate surface area is 107 Å². The van der Waals surface area contributed by atoms with E-state index < -0.39 is 0 Å². The third-order valence-electron chi connectivity index (χ3n) is 3.27. The lowest BCUT2D eigenvalue weighted by atomic mass is 9.97. The summed E-state index contributed by atoms with van der Waals surface area (Å²) in [6.07, 6.45) is 0.773. The average molecular weight is 252 g/mol. The molecule has 0 saturated heterocycles. The van der Waals surface area contributed by atoms with Crippen molar-refractivity contribution in [3.05, 3.63) is 23.3 Å². The second-order valence-electron chi connectivity index (χ2n) is 4.41. The van der Waals surface area contributed by atoms with Gasteiger partial charge in [0.05, 0.1) is 20.4 Å². The summed E-state index contributed by atoms with van der Waals surface area (Å²) in [5, 5.41) is 0. The molecule has 0 amide bonds. The Hall–Kier alpha value is -1.30. The monoisotopic (exact) mass is 252 g/mol. The highest BCUT2D eigenvalue weighted by Gasteiger charge is 2.24. The molecule has 0 aliphatic carbocycles. The zero-order chi connectivity index (χ0) is 13.1. The molecule has 1 aliphatic rings. The molecule has 5 heteroatoms. The SMILES string of the molecule is COCN1Cc2cc(OC)c(OC)cc2CC1N. The van der Waals surface area contributed by atoms with Crippen molar-refractivity contribution in [2.75, 3.05) is 28.1 Å². The van der Waals surface area contributed by atoms with Crippen molar-refractivity contribution in [3.63, 3.8) is 0 Å². The quantitative estimate of drug-likeness (QED) is 0.864. The number of methoxy groups -OCH3 is 3. The molecule has 1 aromatic carbocycles. The molecule has 1 aliphatic heterocycles. The summed E-state index contributed by atoms with van der Waals surface area (Å²) >= 11 is 0. The summed E-state index contributed by atoms with van der Waals surface area (Å²) in [5.41, 5.74) is 8.55. The fourth-order valence-electron chi connectivity index (χ4n) is 2.30. The normalized spacial score (nSPS) is 19.4. The Morgan fingerprint density at radius 3 is 2.33 bits per heavy atom. The lowest BCUT2D eigenvalue weighted by Gasteiger charge is -2.34. The van der Waals surface area contributed by atoms with Crippen LogP contribution in [0.5, 0.6) is 11.5 Å². The molecule has 0 aromatic heterocycles. The molecule has 1 aromatic rings. The largest absolute Gasteiger partial charge is 0.493 e. The van der Waals surface area contributed by atoms with Gasteiger partial charge in [0.25, 0.3) is 0 Å². The van der Waals surface area contributed by atoms with Crippen molar-refractivity contribution in [2.45, 2.75) is 19.1 Å². The van der Waals surface area contributed by atoms with Gasteiger partial charge in [-0.3, -0.25) is 4.90 Å². The zero-order valence-electron chi connectivity index (χ0n) is 11.1. The molecular weight excluding hydrogens is 232 g/mol. The van der Waals surface area contributed by atoms with Crippen LogP contribution in [-0.4, -0.2) is 39.1 Å². The van der Waals surface area contributed by atoms with Gasteiger partial charge in [-0.1, -0.05) is 0 Å². The van der Waals surface area contributed by atoms with Gasteiger partial charge in [0.1, 0.15) is 6.73 Å². The van der Waals surface area contributed by atoms with E-state index in [-0.39, 0.29) is 6.17 Å². The lowest BCUT2D eigenvalue weighted by Crippen LogP contribution is -2.47. The molecular formula is C13H20N2O3. The van der Waals surface area contributed by atoms with E-state index >= 15 is 0 Å². The Morgan fingerprint density at radius 1 is 1.17 bits per heavy atom. The molecule has 0 spiro atoms. The number of nitrogens with two attached hydrogens (primary N) is 1. The molecule has 0 saturated carbocycles. The number of fused-ring (bicyclic) bond motifs is 1. The summed E-state index contributed by atoms with van der Waals surface area (Å²) in [7, 11) is 4.97.